The largest absolute Gasteiger partial charge is 0.0993 e. The Morgan fingerprint density at radius 3 is 2.25 bits per heavy atom. The van der Waals surface area contributed by atoms with Gasteiger partial charge in [0.15, 0.2) is 0 Å². The second-order valence-electron chi connectivity index (χ2n) is 4.06. The third-order valence-electron chi connectivity index (χ3n) is 2.90. The van der Waals surface area contributed by atoms with E-state index in [0.717, 1.165) is 0 Å². The minimum Gasteiger partial charge on any atom is -0.0993 e. The summed E-state index contributed by atoms with van der Waals surface area (Å²) in [5.74, 6) is 1.40. The van der Waals surface area contributed by atoms with Crippen LogP contribution in [0.3, 0.4) is 0 Å². The number of hydrogen-bond donors (Lipinski definition) is 0. The summed E-state index contributed by atoms with van der Waals surface area (Å²) < 4.78 is 0. The van der Waals surface area contributed by atoms with E-state index in [2.05, 4.69) is 33.4 Å². The molecule has 2 unspecified atom stereocenters. The highest BCUT2D eigenvalue weighted by molar-refractivity contribution is 5.19. The molecule has 0 N–H and O–H groups in total. The Kier molecular flexibility index (Phi) is 3.13. The molecule has 1 fully saturated rings. The molecule has 0 spiro atoms. The first-order valence-electron chi connectivity index (χ1n) is 5.01. The van der Waals surface area contributed by atoms with Crippen LogP contribution in [0.1, 0.15) is 40.0 Å². The monoisotopic (exact) mass is 164 g/mol. The van der Waals surface area contributed by atoms with Crippen molar-refractivity contribution in [3.05, 3.63) is 23.8 Å². The van der Waals surface area contributed by atoms with Crippen LogP contribution in [0.15, 0.2) is 23.8 Å². The molecule has 0 radical (unpaired) electrons. The fourth-order valence-electron chi connectivity index (χ4n) is 2.07. The molecule has 1 aliphatic rings. The van der Waals surface area contributed by atoms with Gasteiger partial charge in [0, 0.05) is 0 Å². The lowest BCUT2D eigenvalue weighted by molar-refractivity contribution is 0.482. The van der Waals surface area contributed by atoms with Crippen molar-refractivity contribution < 1.29 is 0 Å². The number of hydrogen-bond acceptors (Lipinski definition) is 0. The minimum absolute atomic E-state index is 0.701. The fraction of sp³-hybridized carbons (Fsp3) is 0.667. The first kappa shape index (κ1) is 9.57. The second-order valence-corrected chi connectivity index (χ2v) is 4.06. The summed E-state index contributed by atoms with van der Waals surface area (Å²) >= 11 is 0. The molecule has 0 saturated heterocycles. The Morgan fingerprint density at radius 2 is 1.83 bits per heavy atom. The summed E-state index contributed by atoms with van der Waals surface area (Å²) in [6, 6.07) is 0. The summed E-state index contributed by atoms with van der Waals surface area (Å²) in [5, 5.41) is 0. The number of rotatable bonds is 1. The molecule has 0 heterocycles. The van der Waals surface area contributed by atoms with Crippen molar-refractivity contribution in [2.24, 2.45) is 11.8 Å². The zero-order valence-electron chi connectivity index (χ0n) is 8.56. The highest BCUT2D eigenvalue weighted by Crippen LogP contribution is 2.35. The van der Waals surface area contributed by atoms with Crippen LogP contribution in [0.5, 0.6) is 0 Å². The van der Waals surface area contributed by atoms with Gasteiger partial charge in [0.2, 0.25) is 0 Å². The van der Waals surface area contributed by atoms with Crippen molar-refractivity contribution in [3.63, 3.8) is 0 Å². The van der Waals surface area contributed by atoms with Gasteiger partial charge < -0.3 is 0 Å². The maximum absolute atomic E-state index is 4.14. The van der Waals surface area contributed by atoms with Gasteiger partial charge in [0.05, 0.1) is 0 Å². The quantitative estimate of drug-likeness (QED) is 0.515. The molecule has 0 aromatic rings. The van der Waals surface area contributed by atoms with E-state index in [1.807, 2.05) is 0 Å². The van der Waals surface area contributed by atoms with Gasteiger partial charge in [0.1, 0.15) is 0 Å². The van der Waals surface area contributed by atoms with Gasteiger partial charge >= 0.3 is 0 Å². The average Bonchev–Trinajstić information content (AvgIpc) is 2.01. The smallest absolute Gasteiger partial charge is 0.0194 e. The summed E-state index contributed by atoms with van der Waals surface area (Å²) in [6.45, 7) is 10.9. The van der Waals surface area contributed by atoms with Crippen LogP contribution in [0.2, 0.25) is 0 Å². The van der Waals surface area contributed by atoms with Crippen LogP contribution in [0.25, 0.3) is 0 Å². The van der Waals surface area contributed by atoms with Crippen molar-refractivity contribution in [3.8, 4) is 0 Å². The van der Waals surface area contributed by atoms with Crippen molar-refractivity contribution in [1.82, 2.24) is 0 Å². The Hall–Kier alpha value is -0.520. The molecule has 1 saturated carbocycles. The van der Waals surface area contributed by atoms with Crippen molar-refractivity contribution in [2.75, 3.05) is 0 Å². The van der Waals surface area contributed by atoms with Gasteiger partial charge in [-0.25, -0.2) is 0 Å². The third-order valence-corrected chi connectivity index (χ3v) is 2.90. The highest BCUT2D eigenvalue weighted by atomic mass is 14.3. The Balaban J connectivity index is 2.65. The van der Waals surface area contributed by atoms with E-state index in [0.29, 0.717) is 11.8 Å². The maximum Gasteiger partial charge on any atom is -0.0194 e. The molecule has 0 nitrogen and oxygen atoms in total. The minimum atomic E-state index is 0.701. The van der Waals surface area contributed by atoms with E-state index in [1.165, 1.54) is 24.8 Å². The highest BCUT2D eigenvalue weighted by Gasteiger charge is 2.21. The topological polar surface area (TPSA) is 0 Å². The predicted molar refractivity (Wildman–Crippen MR) is 55.1 cm³/mol. The molecule has 1 aliphatic carbocycles. The lowest BCUT2D eigenvalue weighted by atomic mass is 9.76. The molecule has 0 heteroatoms. The molecule has 0 aliphatic heterocycles. The average molecular weight is 164 g/mol. The van der Waals surface area contributed by atoms with Crippen LogP contribution in [-0.4, -0.2) is 0 Å². The van der Waals surface area contributed by atoms with Gasteiger partial charge in [-0.3, -0.25) is 0 Å². The molecule has 12 heavy (non-hydrogen) atoms. The van der Waals surface area contributed by atoms with Gasteiger partial charge in [0.25, 0.3) is 0 Å². The SMILES string of the molecule is C=C1C(C)CC(=CCC)CC1C. The van der Waals surface area contributed by atoms with Crippen LogP contribution in [0.4, 0.5) is 0 Å². The third kappa shape index (κ3) is 2.00. The molecular formula is C12H20. The Morgan fingerprint density at radius 1 is 1.33 bits per heavy atom. The molecule has 0 bridgehead atoms. The standard InChI is InChI=1S/C12H20/c1-5-6-12-7-9(2)11(4)10(3)8-12/h6,9-10H,4-5,7-8H2,1-3H3. The first-order chi connectivity index (χ1) is 5.65. The summed E-state index contributed by atoms with van der Waals surface area (Å²) in [5.41, 5.74) is 3.09. The van der Waals surface area contributed by atoms with E-state index in [9.17, 15) is 0 Å². The molecule has 0 aromatic carbocycles. The lowest BCUT2D eigenvalue weighted by Gasteiger charge is -2.29. The van der Waals surface area contributed by atoms with Gasteiger partial charge in [-0.05, 0) is 31.1 Å². The molecule has 0 aromatic heterocycles. The Bertz CT molecular complexity index is 182. The van der Waals surface area contributed by atoms with Gasteiger partial charge in [-0.15, -0.1) is 0 Å². The van der Waals surface area contributed by atoms with Crippen molar-refractivity contribution >= 4 is 0 Å². The molecule has 68 valence electrons. The van der Waals surface area contributed by atoms with E-state index in [4.69, 9.17) is 0 Å². The Labute approximate surface area is 76.4 Å². The van der Waals surface area contributed by atoms with E-state index in [1.54, 1.807) is 5.57 Å². The molecular weight excluding hydrogens is 144 g/mol. The first-order valence-corrected chi connectivity index (χ1v) is 5.01. The maximum atomic E-state index is 4.14. The van der Waals surface area contributed by atoms with Crippen LogP contribution >= 0.6 is 0 Å². The summed E-state index contributed by atoms with van der Waals surface area (Å²) in [7, 11) is 0. The summed E-state index contributed by atoms with van der Waals surface area (Å²) in [6.07, 6.45) is 6.06. The van der Waals surface area contributed by atoms with E-state index >= 15 is 0 Å². The second kappa shape index (κ2) is 3.93. The lowest BCUT2D eigenvalue weighted by Crippen LogP contribution is -2.15. The fourth-order valence-corrected chi connectivity index (χ4v) is 2.07. The van der Waals surface area contributed by atoms with Crippen LogP contribution in [0, 0.1) is 11.8 Å². The number of allylic oxidation sites excluding steroid dienone is 3. The zero-order chi connectivity index (χ0) is 9.14. The van der Waals surface area contributed by atoms with Gasteiger partial charge in [-0.2, -0.15) is 0 Å². The van der Waals surface area contributed by atoms with Crippen LogP contribution in [-0.2, 0) is 0 Å². The molecule has 2 atom stereocenters. The van der Waals surface area contributed by atoms with Crippen molar-refractivity contribution in [2.45, 2.75) is 40.0 Å². The van der Waals surface area contributed by atoms with E-state index < -0.39 is 0 Å². The predicted octanol–water partition coefficient (Wildman–Crippen LogP) is 3.95. The normalized spacial score (nSPS) is 30.6. The van der Waals surface area contributed by atoms with Gasteiger partial charge in [-0.1, -0.05) is 44.6 Å². The van der Waals surface area contributed by atoms with Crippen molar-refractivity contribution in [1.29, 1.82) is 0 Å². The molecule has 1 rings (SSSR count). The zero-order valence-corrected chi connectivity index (χ0v) is 8.56. The van der Waals surface area contributed by atoms with Crippen LogP contribution < -0.4 is 0 Å². The summed E-state index contributed by atoms with van der Waals surface area (Å²) in [4.78, 5) is 0. The molecule has 0 amide bonds. The van der Waals surface area contributed by atoms with E-state index in [-0.39, 0.29) is 0 Å².